The van der Waals surface area contributed by atoms with E-state index in [-0.39, 0.29) is 65.4 Å². The van der Waals surface area contributed by atoms with Crippen molar-refractivity contribution < 1.29 is 65.4 Å². The van der Waals surface area contributed by atoms with Crippen molar-refractivity contribution in [1.82, 2.24) is 0 Å². The van der Waals surface area contributed by atoms with Gasteiger partial charge in [0.1, 0.15) is 0 Å². The zero-order valence-corrected chi connectivity index (χ0v) is 6.02. The standard InChI is InChI=1S/La.Li.2O/q+3;+1;2*-2. The van der Waals surface area contributed by atoms with Crippen LogP contribution in [0.15, 0.2) is 0 Å². The monoisotopic (exact) mass is 178 g/mol. The van der Waals surface area contributed by atoms with Crippen LogP contribution in [0.3, 0.4) is 0 Å². The van der Waals surface area contributed by atoms with Crippen LogP contribution in [-0.2, 0) is 11.0 Å². The molecule has 0 aromatic rings. The Hall–Kier alpha value is 1.71. The summed E-state index contributed by atoms with van der Waals surface area (Å²) >= 11 is 0. The molecule has 0 aliphatic heterocycles. The van der Waals surface area contributed by atoms with Crippen molar-refractivity contribution in [3.05, 3.63) is 0 Å². The van der Waals surface area contributed by atoms with Crippen molar-refractivity contribution in [2.24, 2.45) is 0 Å². The van der Waals surface area contributed by atoms with Gasteiger partial charge in [0.05, 0.1) is 0 Å². The van der Waals surface area contributed by atoms with Gasteiger partial charge in [0.15, 0.2) is 0 Å². The molecule has 0 amide bonds. The smallest absolute Gasteiger partial charge is 2.00 e. The van der Waals surface area contributed by atoms with Gasteiger partial charge in [-0.2, -0.15) is 0 Å². The fraction of sp³-hybridized carbons (Fsp3) is 0. The molecule has 0 bridgehead atoms. The Morgan fingerprint density at radius 3 is 0.750 bits per heavy atom. The van der Waals surface area contributed by atoms with Crippen molar-refractivity contribution in [2.75, 3.05) is 0 Å². The second-order valence-electron chi connectivity index (χ2n) is 0. The third kappa shape index (κ3) is 9.31. The van der Waals surface area contributed by atoms with Gasteiger partial charge in [0.25, 0.3) is 0 Å². The summed E-state index contributed by atoms with van der Waals surface area (Å²) in [6, 6.07) is 0. The van der Waals surface area contributed by atoms with Crippen LogP contribution >= 0.6 is 0 Å². The molecule has 0 aliphatic rings. The SMILES string of the molecule is [La+3].[Li+].[O-2].[O-2]. The van der Waals surface area contributed by atoms with E-state index in [0.717, 1.165) is 0 Å². The molecule has 2 nitrogen and oxygen atoms in total. The molecule has 4 heteroatoms. The van der Waals surface area contributed by atoms with Gasteiger partial charge < -0.3 is 11.0 Å². The molecule has 0 rings (SSSR count). The van der Waals surface area contributed by atoms with Gasteiger partial charge in [-0.3, -0.25) is 0 Å². The number of rotatable bonds is 0. The average molecular weight is 178 g/mol. The molecule has 0 aliphatic carbocycles. The molecule has 0 aromatic heterocycles. The maximum Gasteiger partial charge on any atom is 3.00 e. The van der Waals surface area contributed by atoms with Crippen LogP contribution in [0.1, 0.15) is 0 Å². The maximum atomic E-state index is 0. The first kappa shape index (κ1) is 43.3. The minimum atomic E-state index is 0. The second kappa shape index (κ2) is 22.2. The normalized spacial score (nSPS) is 0. The fourth-order valence-electron chi connectivity index (χ4n) is 0. The van der Waals surface area contributed by atoms with E-state index in [1.165, 1.54) is 0 Å². The summed E-state index contributed by atoms with van der Waals surface area (Å²) in [4.78, 5) is 0. The Balaban J connectivity index is 0. The van der Waals surface area contributed by atoms with Gasteiger partial charge in [0.2, 0.25) is 0 Å². The van der Waals surface area contributed by atoms with Crippen LogP contribution in [-0.4, -0.2) is 0 Å². The molecule has 0 heterocycles. The van der Waals surface area contributed by atoms with E-state index >= 15 is 0 Å². The van der Waals surface area contributed by atoms with Crippen LogP contribution in [0.5, 0.6) is 0 Å². The molecule has 0 aromatic carbocycles. The minimum absolute atomic E-state index is 0. The maximum absolute atomic E-state index is 0. The molecule has 16 valence electrons. The summed E-state index contributed by atoms with van der Waals surface area (Å²) in [5.74, 6) is 0. The molecule has 0 atom stereocenters. The summed E-state index contributed by atoms with van der Waals surface area (Å²) in [5, 5.41) is 0. The van der Waals surface area contributed by atoms with E-state index in [0.29, 0.717) is 0 Å². The summed E-state index contributed by atoms with van der Waals surface area (Å²) in [7, 11) is 0. The summed E-state index contributed by atoms with van der Waals surface area (Å²) in [6.45, 7) is 0. The Labute approximate surface area is 64.7 Å². The van der Waals surface area contributed by atoms with E-state index in [1.807, 2.05) is 0 Å². The molecule has 0 fully saturated rings. The van der Waals surface area contributed by atoms with Gasteiger partial charge in [-0.15, -0.1) is 0 Å². The van der Waals surface area contributed by atoms with E-state index in [2.05, 4.69) is 0 Å². The zero-order valence-electron chi connectivity index (χ0n) is 2.39. The van der Waals surface area contributed by atoms with Crippen LogP contribution in [0.4, 0.5) is 0 Å². The van der Waals surface area contributed by atoms with Crippen LogP contribution in [0.25, 0.3) is 0 Å². The molecule has 0 spiro atoms. The minimum Gasteiger partial charge on any atom is -2.00 e. The number of hydrogen-bond donors (Lipinski definition) is 0. The van der Waals surface area contributed by atoms with Crippen LogP contribution in [0, 0.1) is 35.6 Å². The molecule has 0 radical (unpaired) electrons. The second-order valence-corrected chi connectivity index (χ2v) is 0. The summed E-state index contributed by atoms with van der Waals surface area (Å²) < 4.78 is 0. The van der Waals surface area contributed by atoms with Crippen LogP contribution in [0.2, 0.25) is 0 Å². The van der Waals surface area contributed by atoms with Gasteiger partial charge in [-0.25, -0.2) is 0 Å². The summed E-state index contributed by atoms with van der Waals surface area (Å²) in [6.07, 6.45) is 0. The Kier molecular flexibility index (Phi) is 240. The first-order chi connectivity index (χ1) is 0. The predicted octanol–water partition coefficient (Wildman–Crippen LogP) is -3.23. The first-order valence-electron chi connectivity index (χ1n) is 0. The third-order valence-electron chi connectivity index (χ3n) is 0. The summed E-state index contributed by atoms with van der Waals surface area (Å²) in [5.41, 5.74) is 0. The zero-order chi connectivity index (χ0) is 0. The molecule has 0 unspecified atom stereocenters. The molecule has 4 heavy (non-hydrogen) atoms. The van der Waals surface area contributed by atoms with Gasteiger partial charge in [-0.05, 0) is 0 Å². The van der Waals surface area contributed by atoms with Crippen molar-refractivity contribution in [1.29, 1.82) is 0 Å². The van der Waals surface area contributed by atoms with Crippen molar-refractivity contribution in [3.8, 4) is 0 Å². The average Bonchev–Trinajstić information content (AvgIpc) is 0. The first-order valence-corrected chi connectivity index (χ1v) is 0. The topological polar surface area (TPSA) is 57.0 Å². The van der Waals surface area contributed by atoms with Gasteiger partial charge in [-0.1, -0.05) is 0 Å². The fourth-order valence-corrected chi connectivity index (χ4v) is 0. The number of hydrogen-bond acceptors (Lipinski definition) is 0. The van der Waals surface area contributed by atoms with E-state index in [1.54, 1.807) is 0 Å². The molecular formula is LaLiO2. The molecule has 0 saturated heterocycles. The molecular weight excluding hydrogens is 178 g/mol. The van der Waals surface area contributed by atoms with E-state index < -0.39 is 0 Å². The predicted molar refractivity (Wildman–Crippen MR) is 1.37 cm³/mol. The van der Waals surface area contributed by atoms with Crippen molar-refractivity contribution in [2.45, 2.75) is 0 Å². The Morgan fingerprint density at radius 2 is 0.750 bits per heavy atom. The molecule has 0 N–H and O–H groups in total. The third-order valence-corrected chi connectivity index (χ3v) is 0. The van der Waals surface area contributed by atoms with Crippen molar-refractivity contribution in [3.63, 3.8) is 0 Å². The van der Waals surface area contributed by atoms with Crippen LogP contribution < -0.4 is 18.9 Å². The van der Waals surface area contributed by atoms with E-state index in [4.69, 9.17) is 0 Å². The largest absolute Gasteiger partial charge is 3.00 e. The Bertz CT molecular complexity index is 6.00. The quantitative estimate of drug-likeness (QED) is 0.350. The van der Waals surface area contributed by atoms with E-state index in [9.17, 15) is 0 Å². The van der Waals surface area contributed by atoms with Gasteiger partial charge >= 0.3 is 54.5 Å². The van der Waals surface area contributed by atoms with Crippen molar-refractivity contribution >= 4 is 0 Å². The van der Waals surface area contributed by atoms with Gasteiger partial charge in [0, 0.05) is 0 Å². The Morgan fingerprint density at radius 1 is 0.750 bits per heavy atom. The molecule has 0 saturated carbocycles.